The van der Waals surface area contributed by atoms with Crippen LogP contribution in [-0.2, 0) is 27.1 Å². The van der Waals surface area contributed by atoms with Crippen molar-refractivity contribution in [2.75, 3.05) is 26.4 Å². The van der Waals surface area contributed by atoms with Gasteiger partial charge in [-0.3, -0.25) is 4.79 Å². The molecule has 0 aromatic heterocycles. The van der Waals surface area contributed by atoms with E-state index in [-0.39, 0.29) is 7.43 Å². The van der Waals surface area contributed by atoms with Crippen molar-refractivity contribution in [3.8, 4) is 0 Å². The summed E-state index contributed by atoms with van der Waals surface area (Å²) in [7, 11) is 0. The zero-order valence-corrected chi connectivity index (χ0v) is 56.0. The minimum atomic E-state index is -0.745. The van der Waals surface area contributed by atoms with Crippen LogP contribution in [0.2, 0.25) is 0 Å². The Morgan fingerprint density at radius 1 is 0.443 bits per heavy atom. The second-order valence-electron chi connectivity index (χ2n) is 28.5. The zero-order valence-electron chi connectivity index (χ0n) is 56.0. The molecule has 88 heavy (non-hydrogen) atoms. The van der Waals surface area contributed by atoms with E-state index in [0.29, 0.717) is 47.2 Å². The molecule has 500 valence electrons. The van der Waals surface area contributed by atoms with Crippen LogP contribution < -0.4 is 0 Å². The van der Waals surface area contributed by atoms with Gasteiger partial charge < -0.3 is 9.47 Å². The summed E-state index contributed by atoms with van der Waals surface area (Å²) in [5, 5.41) is 0. The lowest BCUT2D eigenvalue weighted by Crippen LogP contribution is -2.25. The van der Waals surface area contributed by atoms with Crippen molar-refractivity contribution in [1.29, 1.82) is 0 Å². The van der Waals surface area contributed by atoms with Gasteiger partial charge in [-0.25, -0.2) is 17.6 Å². The summed E-state index contributed by atoms with van der Waals surface area (Å²) in [4.78, 5) is 11.3. The first kappa shape index (κ1) is 75.7. The number of rotatable bonds is 23. The van der Waals surface area contributed by atoms with Crippen molar-refractivity contribution in [2.24, 2.45) is 59.2 Å². The second kappa shape index (κ2) is 45.3. The number of ether oxygens (including phenoxy) is 2. The number of ketones is 1. The molecule has 1 unspecified atom stereocenters. The van der Waals surface area contributed by atoms with Crippen molar-refractivity contribution < 1.29 is 31.8 Å². The number of unbranched alkanes of at least 4 members (excludes halogenated alkanes) is 4. The number of carbonyl (C=O) groups excluding carboxylic acids is 1. The molecule has 8 aliphatic rings. The van der Waals surface area contributed by atoms with Gasteiger partial charge in [0.05, 0.1) is 0 Å². The Labute approximate surface area is 538 Å². The molecule has 0 radical (unpaired) electrons. The van der Waals surface area contributed by atoms with Gasteiger partial charge in [0.25, 0.3) is 0 Å². The van der Waals surface area contributed by atoms with Crippen LogP contribution in [-0.4, -0.2) is 32.2 Å². The Bertz CT molecular complexity index is 2180. The van der Waals surface area contributed by atoms with Crippen LogP contribution in [0, 0.1) is 82.4 Å². The smallest absolute Gasteiger partial charge is 0.166 e. The van der Waals surface area contributed by atoms with Crippen molar-refractivity contribution >= 4 is 11.4 Å². The summed E-state index contributed by atoms with van der Waals surface area (Å²) < 4.78 is 66.6. The maximum absolute atomic E-state index is 15.1. The minimum absolute atomic E-state index is 0. The topological polar surface area (TPSA) is 35.5 Å². The number of halogens is 4. The van der Waals surface area contributed by atoms with Gasteiger partial charge in [0, 0.05) is 44.8 Å². The van der Waals surface area contributed by atoms with Gasteiger partial charge in [-0.15, -0.1) is 0 Å². The molecule has 3 nitrogen and oxygen atoms in total. The third kappa shape index (κ3) is 28.5. The van der Waals surface area contributed by atoms with Crippen molar-refractivity contribution in [3.63, 3.8) is 0 Å². The molecule has 7 fully saturated rings. The summed E-state index contributed by atoms with van der Waals surface area (Å²) in [6.07, 6.45) is 64.7. The molecule has 2 saturated heterocycles. The predicted molar refractivity (Wildman–Crippen MR) is 367 cm³/mol. The average molecular weight is 1230 g/mol. The molecular formula is C81H130F4O3. The molecule has 2 aromatic rings. The van der Waals surface area contributed by atoms with Crippen LogP contribution in [0.4, 0.5) is 17.6 Å². The fourth-order valence-corrected chi connectivity index (χ4v) is 16.2. The standard InChI is InChI=1S/C36H54F2.C19H26F2.C17H30O.2C4H8O.CH4/c1-3-5-6-10-29-17-19-30(20-18-29)31-21-23-32(24-22-31)34-26-25-33(35(37)36(34)38)12-8-7-11-28-15-13-27(9-4-2)14-16-28;1-2-6-15-11-13-16(14-12-15)7-3-4-8-17-9-5-10-18(20)19(17)21;1-2-3-4-5-14-6-8-15(9-7-14)16-10-12-17(18)13-11-16;2*1-2-4-5-3-1;/h7,11,23,25-31H,3-6,8-10,12-22,24H2,1-2H3;3,5,7,9-10,15-16H,2,4,6,8,11-14H2,1H3;14-16H,2-13H2,1H3;2*1-4H2;1H4/b11-7+;7-3+;;;;. The lowest BCUT2D eigenvalue weighted by molar-refractivity contribution is -0.121. The molecule has 1 atom stereocenters. The number of hydrogen-bond donors (Lipinski definition) is 0. The molecule has 2 heterocycles. The average Bonchev–Trinajstić information content (AvgIpc) is 4.27. The minimum Gasteiger partial charge on any atom is -0.381 e. The van der Waals surface area contributed by atoms with Crippen LogP contribution in [0.15, 0.2) is 60.7 Å². The monoisotopic (exact) mass is 1230 g/mol. The van der Waals surface area contributed by atoms with Crippen molar-refractivity contribution in [2.45, 2.75) is 311 Å². The van der Waals surface area contributed by atoms with Gasteiger partial charge in [-0.2, -0.15) is 0 Å². The zero-order chi connectivity index (χ0) is 61.7. The largest absolute Gasteiger partial charge is 0.381 e. The van der Waals surface area contributed by atoms with Gasteiger partial charge in [0.1, 0.15) is 5.78 Å². The second-order valence-corrected chi connectivity index (χ2v) is 28.5. The molecule has 0 amide bonds. The quantitative estimate of drug-likeness (QED) is 0.0632. The maximum atomic E-state index is 15.1. The third-order valence-corrected chi connectivity index (χ3v) is 21.9. The van der Waals surface area contributed by atoms with Crippen LogP contribution in [0.25, 0.3) is 5.57 Å². The highest BCUT2D eigenvalue weighted by Crippen LogP contribution is 2.44. The SMILES string of the molecule is C.C1CCOC1.C1CCOC1.CCCC1CCC(/C=C/CCc2cccc(F)c2F)CC1.CCCCCC1CCC(C2CC=C(c3ccc(CC/C=C/C4CCC(CCC)CC4)c(F)c3F)CC2)CC1.CCCCCC1CCC(C2CCC(=O)CC2)CC1. The van der Waals surface area contributed by atoms with E-state index in [0.717, 1.165) is 124 Å². The maximum Gasteiger partial charge on any atom is 0.166 e. The highest BCUT2D eigenvalue weighted by atomic mass is 19.2. The predicted octanol–water partition coefficient (Wildman–Crippen LogP) is 25.1. The van der Waals surface area contributed by atoms with E-state index in [4.69, 9.17) is 9.47 Å². The number of benzene rings is 2. The number of hydrogen-bond acceptors (Lipinski definition) is 3. The highest BCUT2D eigenvalue weighted by molar-refractivity contribution is 5.79. The van der Waals surface area contributed by atoms with Crippen LogP contribution in [0.3, 0.4) is 0 Å². The first-order chi connectivity index (χ1) is 42.6. The molecule has 5 saturated carbocycles. The fraction of sp³-hybridized carbons (Fsp3) is 0.765. The number of carbonyl (C=O) groups is 1. The van der Waals surface area contributed by atoms with Crippen molar-refractivity contribution in [3.05, 3.63) is 101 Å². The van der Waals surface area contributed by atoms with E-state index in [1.54, 1.807) is 12.1 Å². The number of Topliss-reactive ketones (excluding diaryl/α,β-unsaturated/α-hetero) is 1. The third-order valence-electron chi connectivity index (χ3n) is 21.9. The van der Waals surface area contributed by atoms with E-state index < -0.39 is 23.3 Å². The molecule has 6 aliphatic carbocycles. The fourth-order valence-electron chi connectivity index (χ4n) is 16.2. The van der Waals surface area contributed by atoms with Crippen LogP contribution in [0.1, 0.15) is 315 Å². The molecule has 0 N–H and O–H groups in total. The first-order valence-electron chi connectivity index (χ1n) is 37.2. The van der Waals surface area contributed by atoms with E-state index in [1.165, 1.54) is 224 Å². The molecule has 2 aliphatic heterocycles. The Morgan fingerprint density at radius 3 is 1.31 bits per heavy atom. The summed E-state index contributed by atoms with van der Waals surface area (Å²) in [5.41, 5.74) is 2.53. The molecule has 7 heteroatoms. The summed E-state index contributed by atoms with van der Waals surface area (Å²) >= 11 is 0. The Kier molecular flexibility index (Phi) is 39.0. The summed E-state index contributed by atoms with van der Waals surface area (Å²) in [5.74, 6) is 6.43. The molecular weight excluding hydrogens is 1100 g/mol. The van der Waals surface area contributed by atoms with Gasteiger partial charge in [-0.05, 0) is 242 Å². The van der Waals surface area contributed by atoms with Crippen molar-refractivity contribution in [1.82, 2.24) is 0 Å². The summed E-state index contributed by atoms with van der Waals surface area (Å²) in [6.45, 7) is 13.1. The highest BCUT2D eigenvalue weighted by Gasteiger charge is 2.32. The van der Waals surface area contributed by atoms with Gasteiger partial charge >= 0.3 is 0 Å². The summed E-state index contributed by atoms with van der Waals surface area (Å²) in [6, 6.07) is 8.10. The first-order valence-corrected chi connectivity index (χ1v) is 37.2. The Morgan fingerprint density at radius 2 is 0.875 bits per heavy atom. The Hall–Kier alpha value is -3.03. The van der Waals surface area contributed by atoms with E-state index in [9.17, 15) is 13.6 Å². The van der Waals surface area contributed by atoms with E-state index >= 15 is 8.78 Å². The normalized spacial score (nSPS) is 26.8. The van der Waals surface area contributed by atoms with Gasteiger partial charge in [-0.1, -0.05) is 193 Å². The lowest BCUT2D eigenvalue weighted by Gasteiger charge is -2.35. The van der Waals surface area contributed by atoms with Gasteiger partial charge in [0.2, 0.25) is 0 Å². The van der Waals surface area contributed by atoms with E-state index in [1.807, 2.05) is 12.1 Å². The Balaban J connectivity index is 0.000000236. The van der Waals surface area contributed by atoms with Crippen LogP contribution in [0.5, 0.6) is 0 Å². The number of allylic oxidation sites excluding steroid dienone is 6. The van der Waals surface area contributed by atoms with Gasteiger partial charge in [0.15, 0.2) is 23.3 Å². The molecule has 10 rings (SSSR count). The molecule has 2 aromatic carbocycles. The van der Waals surface area contributed by atoms with E-state index in [2.05, 4.69) is 58.1 Å². The molecule has 0 bridgehead atoms. The van der Waals surface area contributed by atoms with Crippen LogP contribution >= 0.6 is 0 Å². The number of aryl methyl sites for hydroxylation is 2. The lowest BCUT2D eigenvalue weighted by atomic mass is 9.70. The molecule has 0 spiro atoms.